The Bertz CT molecular complexity index is 866. The number of nitrogens with zero attached hydrogens (tertiary/aromatic N) is 5. The van der Waals surface area contributed by atoms with E-state index in [1.807, 2.05) is 10.8 Å². The van der Waals surface area contributed by atoms with Crippen molar-refractivity contribution in [1.82, 2.24) is 24.5 Å². The van der Waals surface area contributed by atoms with Gasteiger partial charge in [0, 0.05) is 18.3 Å². The molecule has 0 N–H and O–H groups in total. The summed E-state index contributed by atoms with van der Waals surface area (Å²) in [6.45, 7) is 0.509. The molecular weight excluding hydrogens is 319 g/mol. The minimum Gasteiger partial charge on any atom is -0.329 e. The van der Waals surface area contributed by atoms with E-state index in [2.05, 4.69) is 15.3 Å². The molecule has 24 heavy (non-hydrogen) atoms. The number of halogens is 3. The Kier molecular flexibility index (Phi) is 3.59. The number of alkyl halides is 2. The summed E-state index contributed by atoms with van der Waals surface area (Å²) >= 11 is 0. The maximum atomic E-state index is 13.4. The van der Waals surface area contributed by atoms with Crippen molar-refractivity contribution in [2.24, 2.45) is 0 Å². The average molecular weight is 333 g/mol. The van der Waals surface area contributed by atoms with Gasteiger partial charge in [-0.3, -0.25) is 0 Å². The molecule has 1 fully saturated rings. The minimum absolute atomic E-state index is 0.346. The lowest BCUT2D eigenvalue weighted by Crippen LogP contribution is -2.03. The minimum atomic E-state index is -2.88. The molecule has 0 spiro atoms. The van der Waals surface area contributed by atoms with E-state index in [1.54, 1.807) is 12.4 Å². The Balaban J connectivity index is 1.58. The summed E-state index contributed by atoms with van der Waals surface area (Å²) in [5, 5.41) is 8.02. The van der Waals surface area contributed by atoms with Gasteiger partial charge in [0.25, 0.3) is 6.43 Å². The molecule has 1 saturated carbocycles. The van der Waals surface area contributed by atoms with Gasteiger partial charge in [0.2, 0.25) is 0 Å². The zero-order valence-electron chi connectivity index (χ0n) is 12.6. The second kappa shape index (κ2) is 5.77. The zero-order chi connectivity index (χ0) is 16.7. The van der Waals surface area contributed by atoms with Crippen LogP contribution in [-0.2, 0) is 6.54 Å². The summed E-state index contributed by atoms with van der Waals surface area (Å²) in [6, 6.07) is 3.50. The monoisotopic (exact) mass is 333 g/mol. The summed E-state index contributed by atoms with van der Waals surface area (Å²) in [4.78, 5) is 4.36. The first-order valence-corrected chi connectivity index (χ1v) is 7.62. The van der Waals surface area contributed by atoms with E-state index in [4.69, 9.17) is 0 Å². The van der Waals surface area contributed by atoms with Gasteiger partial charge in [0.15, 0.2) is 0 Å². The highest BCUT2D eigenvalue weighted by Gasteiger charge is 2.28. The summed E-state index contributed by atoms with van der Waals surface area (Å²) in [7, 11) is 0. The molecule has 1 aromatic carbocycles. The van der Waals surface area contributed by atoms with Crippen molar-refractivity contribution in [3.8, 4) is 5.69 Å². The molecular formula is C16H14F3N5. The summed E-state index contributed by atoms with van der Waals surface area (Å²) in [5.74, 6) is 0.619. The van der Waals surface area contributed by atoms with Crippen LogP contribution in [0.25, 0.3) is 5.69 Å². The number of imidazole rings is 1. The van der Waals surface area contributed by atoms with E-state index in [1.165, 1.54) is 10.7 Å². The quantitative estimate of drug-likeness (QED) is 0.718. The van der Waals surface area contributed by atoms with Crippen LogP contribution in [0.2, 0.25) is 0 Å². The van der Waals surface area contributed by atoms with Gasteiger partial charge in [-0.05, 0) is 31.0 Å². The molecule has 124 valence electrons. The Hall–Kier alpha value is -2.64. The lowest BCUT2D eigenvalue weighted by molar-refractivity contribution is 0.146. The predicted molar refractivity (Wildman–Crippen MR) is 79.6 cm³/mol. The van der Waals surface area contributed by atoms with Crippen LogP contribution in [0.4, 0.5) is 13.2 Å². The highest BCUT2D eigenvalue weighted by molar-refractivity contribution is 5.36. The number of hydrogen-bond donors (Lipinski definition) is 0. The van der Waals surface area contributed by atoms with Crippen molar-refractivity contribution in [1.29, 1.82) is 0 Å². The molecule has 0 amide bonds. The summed E-state index contributed by atoms with van der Waals surface area (Å²) in [5.41, 5.74) is 0.381. The van der Waals surface area contributed by atoms with Crippen LogP contribution in [0.5, 0.6) is 0 Å². The van der Waals surface area contributed by atoms with Crippen LogP contribution in [-0.4, -0.2) is 24.5 Å². The van der Waals surface area contributed by atoms with Crippen molar-refractivity contribution in [2.45, 2.75) is 31.7 Å². The third-order valence-electron chi connectivity index (χ3n) is 4.04. The highest BCUT2D eigenvalue weighted by atomic mass is 19.3. The molecule has 0 saturated heterocycles. The van der Waals surface area contributed by atoms with Crippen LogP contribution in [0.15, 0.2) is 36.8 Å². The molecule has 2 heterocycles. The fourth-order valence-electron chi connectivity index (χ4n) is 2.67. The number of hydrogen-bond acceptors (Lipinski definition) is 3. The van der Waals surface area contributed by atoms with Crippen molar-refractivity contribution in [3.05, 3.63) is 59.7 Å². The molecule has 1 aliphatic rings. The van der Waals surface area contributed by atoms with E-state index in [9.17, 15) is 13.2 Å². The molecule has 4 rings (SSSR count). The van der Waals surface area contributed by atoms with Crippen molar-refractivity contribution >= 4 is 0 Å². The lowest BCUT2D eigenvalue weighted by atomic mass is 10.2. The third-order valence-corrected chi connectivity index (χ3v) is 4.04. The summed E-state index contributed by atoms with van der Waals surface area (Å²) < 4.78 is 42.4. The molecule has 0 bridgehead atoms. The number of benzene rings is 1. The first-order valence-electron chi connectivity index (χ1n) is 7.62. The van der Waals surface area contributed by atoms with Gasteiger partial charge >= 0.3 is 0 Å². The zero-order valence-corrected chi connectivity index (χ0v) is 12.6. The van der Waals surface area contributed by atoms with Crippen molar-refractivity contribution in [3.63, 3.8) is 0 Å². The largest absolute Gasteiger partial charge is 0.329 e. The highest BCUT2D eigenvalue weighted by Crippen LogP contribution is 2.39. The fourth-order valence-corrected chi connectivity index (χ4v) is 2.67. The Morgan fingerprint density at radius 3 is 2.83 bits per heavy atom. The van der Waals surface area contributed by atoms with Gasteiger partial charge < -0.3 is 4.57 Å². The smallest absolute Gasteiger partial charge is 0.266 e. The van der Waals surface area contributed by atoms with E-state index in [0.29, 0.717) is 23.8 Å². The number of aromatic nitrogens is 5. The Morgan fingerprint density at radius 2 is 2.08 bits per heavy atom. The van der Waals surface area contributed by atoms with Gasteiger partial charge in [-0.1, -0.05) is 5.21 Å². The molecule has 0 aliphatic heterocycles. The normalized spacial score (nSPS) is 14.5. The molecule has 1 aliphatic carbocycles. The number of rotatable bonds is 5. The maximum Gasteiger partial charge on any atom is 0.266 e. The van der Waals surface area contributed by atoms with Gasteiger partial charge in [-0.25, -0.2) is 22.8 Å². The maximum absolute atomic E-state index is 13.4. The fraction of sp³-hybridized carbons (Fsp3) is 0.312. The molecule has 5 nitrogen and oxygen atoms in total. The van der Waals surface area contributed by atoms with Gasteiger partial charge in [-0.15, -0.1) is 5.10 Å². The SMILES string of the molecule is Fc1ccc(-n2cc(Cn3ccnc3C3CC3)nn2)cc1C(F)F. The predicted octanol–water partition coefficient (Wildman–Crippen LogP) is 3.47. The average Bonchev–Trinajstić information content (AvgIpc) is 3.12. The van der Waals surface area contributed by atoms with Crippen LogP contribution in [0, 0.1) is 5.82 Å². The lowest BCUT2D eigenvalue weighted by Gasteiger charge is -2.05. The summed E-state index contributed by atoms with van der Waals surface area (Å²) in [6.07, 6.45) is 4.72. The van der Waals surface area contributed by atoms with Crippen LogP contribution < -0.4 is 0 Å². The topological polar surface area (TPSA) is 48.5 Å². The van der Waals surface area contributed by atoms with Gasteiger partial charge in [-0.2, -0.15) is 0 Å². The van der Waals surface area contributed by atoms with E-state index in [-0.39, 0.29) is 0 Å². The molecule has 0 unspecified atom stereocenters. The third kappa shape index (κ3) is 2.79. The molecule has 3 aromatic rings. The second-order valence-corrected chi connectivity index (χ2v) is 5.85. The van der Waals surface area contributed by atoms with Crippen molar-refractivity contribution in [2.75, 3.05) is 0 Å². The van der Waals surface area contributed by atoms with E-state index in [0.717, 1.165) is 30.8 Å². The van der Waals surface area contributed by atoms with Crippen LogP contribution >= 0.6 is 0 Å². The van der Waals surface area contributed by atoms with Crippen LogP contribution in [0.3, 0.4) is 0 Å². The Labute approximate surface area is 135 Å². The molecule has 0 atom stereocenters. The van der Waals surface area contributed by atoms with Crippen molar-refractivity contribution < 1.29 is 13.2 Å². The Morgan fingerprint density at radius 1 is 1.25 bits per heavy atom. The molecule has 0 radical (unpaired) electrons. The molecule has 8 heteroatoms. The first kappa shape index (κ1) is 14.9. The first-order chi connectivity index (χ1) is 11.6. The van der Waals surface area contributed by atoms with Crippen LogP contribution in [0.1, 0.15) is 42.3 Å². The van der Waals surface area contributed by atoms with E-state index < -0.39 is 17.8 Å². The second-order valence-electron chi connectivity index (χ2n) is 5.85. The van der Waals surface area contributed by atoms with E-state index >= 15 is 0 Å². The molecule has 2 aromatic heterocycles. The standard InChI is InChI=1S/C16H14F3N5/c17-14-4-3-12(7-13(14)15(18)19)24-9-11(21-22-24)8-23-6-5-20-16(23)10-1-2-10/h3-7,9-10,15H,1-2,8H2. The van der Waals surface area contributed by atoms with Gasteiger partial charge in [0.1, 0.15) is 17.3 Å². The van der Waals surface area contributed by atoms with Gasteiger partial charge in [0.05, 0.1) is 24.0 Å².